The molecule has 22 heavy (non-hydrogen) atoms. The first-order chi connectivity index (χ1) is 10.7. The summed E-state index contributed by atoms with van der Waals surface area (Å²) >= 11 is 0. The second-order valence-corrected chi connectivity index (χ2v) is 4.96. The molecule has 5 heteroatoms. The van der Waals surface area contributed by atoms with Crippen LogP contribution in [0.15, 0.2) is 60.9 Å². The summed E-state index contributed by atoms with van der Waals surface area (Å²) in [6, 6.07) is 16.3. The van der Waals surface area contributed by atoms with Crippen LogP contribution < -0.4 is 5.32 Å². The maximum Gasteiger partial charge on any atom is 0.326 e. The number of carbonyl (C=O) groups is 1. The van der Waals surface area contributed by atoms with E-state index in [0.717, 1.165) is 16.5 Å². The number of carboxylic acids is 1. The monoisotopic (exact) mass is 293 g/mol. The summed E-state index contributed by atoms with van der Waals surface area (Å²) in [4.78, 5) is 19.9. The standard InChI is InChI=1S/C17H15N3O2/c21-17(22)15(10-12-6-2-1-3-7-12)20-16-13-8-4-5-9-14(13)18-11-19-16/h1-9,11,15H,10H2,(H,21,22)(H,18,19,20)/t15-/m1/s1. The number of fused-ring (bicyclic) bond motifs is 1. The Morgan fingerprint density at radius 3 is 2.55 bits per heavy atom. The van der Waals surface area contributed by atoms with Crippen LogP contribution in [0.5, 0.6) is 0 Å². The highest BCUT2D eigenvalue weighted by Crippen LogP contribution is 2.20. The van der Waals surface area contributed by atoms with Crippen molar-refractivity contribution in [1.82, 2.24) is 9.97 Å². The molecule has 0 aliphatic heterocycles. The van der Waals surface area contributed by atoms with Gasteiger partial charge in [0.1, 0.15) is 18.2 Å². The molecule has 1 heterocycles. The summed E-state index contributed by atoms with van der Waals surface area (Å²) in [6.07, 6.45) is 1.82. The number of nitrogens with one attached hydrogen (secondary N) is 1. The molecular formula is C17H15N3O2. The van der Waals surface area contributed by atoms with Crippen molar-refractivity contribution in [1.29, 1.82) is 0 Å². The molecular weight excluding hydrogens is 278 g/mol. The van der Waals surface area contributed by atoms with Gasteiger partial charge in [0.15, 0.2) is 0 Å². The number of para-hydroxylation sites is 1. The fourth-order valence-electron chi connectivity index (χ4n) is 2.33. The Morgan fingerprint density at radius 2 is 1.77 bits per heavy atom. The van der Waals surface area contributed by atoms with Gasteiger partial charge in [-0.1, -0.05) is 42.5 Å². The fraction of sp³-hybridized carbons (Fsp3) is 0.118. The van der Waals surface area contributed by atoms with Crippen molar-refractivity contribution in [3.8, 4) is 0 Å². The minimum Gasteiger partial charge on any atom is -0.480 e. The van der Waals surface area contributed by atoms with Crippen molar-refractivity contribution in [3.63, 3.8) is 0 Å². The van der Waals surface area contributed by atoms with Crippen molar-refractivity contribution in [2.75, 3.05) is 5.32 Å². The van der Waals surface area contributed by atoms with E-state index < -0.39 is 12.0 Å². The van der Waals surface area contributed by atoms with E-state index in [0.29, 0.717) is 12.2 Å². The van der Waals surface area contributed by atoms with Crippen molar-refractivity contribution in [3.05, 3.63) is 66.5 Å². The lowest BCUT2D eigenvalue weighted by Gasteiger charge is -2.16. The smallest absolute Gasteiger partial charge is 0.326 e. The van der Waals surface area contributed by atoms with Crippen LogP contribution in [-0.4, -0.2) is 27.1 Å². The van der Waals surface area contributed by atoms with Crippen LogP contribution in [0.2, 0.25) is 0 Å². The lowest BCUT2D eigenvalue weighted by Crippen LogP contribution is -2.32. The van der Waals surface area contributed by atoms with E-state index >= 15 is 0 Å². The van der Waals surface area contributed by atoms with Crippen LogP contribution in [0, 0.1) is 0 Å². The number of hydrogen-bond acceptors (Lipinski definition) is 4. The van der Waals surface area contributed by atoms with Crippen molar-refractivity contribution in [2.45, 2.75) is 12.5 Å². The Balaban J connectivity index is 1.88. The van der Waals surface area contributed by atoms with E-state index in [2.05, 4.69) is 15.3 Å². The first-order valence-electron chi connectivity index (χ1n) is 6.97. The van der Waals surface area contributed by atoms with Gasteiger partial charge in [-0.15, -0.1) is 0 Å². The predicted molar refractivity (Wildman–Crippen MR) is 84.7 cm³/mol. The van der Waals surface area contributed by atoms with Crippen LogP contribution >= 0.6 is 0 Å². The predicted octanol–water partition coefficient (Wildman–Crippen LogP) is 2.74. The number of anilines is 1. The number of carboxylic acid groups (broad SMARTS) is 1. The number of aliphatic carboxylic acids is 1. The highest BCUT2D eigenvalue weighted by Gasteiger charge is 2.19. The van der Waals surface area contributed by atoms with Gasteiger partial charge in [0.25, 0.3) is 0 Å². The largest absolute Gasteiger partial charge is 0.480 e. The van der Waals surface area contributed by atoms with Crippen LogP contribution in [0.4, 0.5) is 5.82 Å². The van der Waals surface area contributed by atoms with Gasteiger partial charge in [-0.2, -0.15) is 0 Å². The quantitative estimate of drug-likeness (QED) is 0.756. The van der Waals surface area contributed by atoms with Crippen LogP contribution in [0.1, 0.15) is 5.56 Å². The zero-order chi connectivity index (χ0) is 15.4. The van der Waals surface area contributed by atoms with E-state index in [1.807, 2.05) is 54.6 Å². The molecule has 0 saturated heterocycles. The lowest BCUT2D eigenvalue weighted by molar-refractivity contribution is -0.137. The third kappa shape index (κ3) is 3.03. The lowest BCUT2D eigenvalue weighted by atomic mass is 10.1. The molecule has 0 bridgehead atoms. The van der Waals surface area contributed by atoms with Crippen LogP contribution in [0.25, 0.3) is 10.9 Å². The van der Waals surface area contributed by atoms with Gasteiger partial charge in [0.05, 0.1) is 5.52 Å². The minimum absolute atomic E-state index is 0.383. The molecule has 0 spiro atoms. The summed E-state index contributed by atoms with van der Waals surface area (Å²) in [5, 5.41) is 13.3. The van der Waals surface area contributed by atoms with Crippen LogP contribution in [0.3, 0.4) is 0 Å². The maximum atomic E-state index is 11.5. The molecule has 2 aromatic carbocycles. The van der Waals surface area contributed by atoms with Gasteiger partial charge in [-0.3, -0.25) is 0 Å². The topological polar surface area (TPSA) is 75.1 Å². The average Bonchev–Trinajstić information content (AvgIpc) is 2.55. The van der Waals surface area contributed by atoms with Gasteiger partial charge in [-0.05, 0) is 17.7 Å². The SMILES string of the molecule is O=C(O)[C@@H](Cc1ccccc1)Nc1ncnc2ccccc12. The number of benzene rings is 2. The molecule has 0 aliphatic carbocycles. The maximum absolute atomic E-state index is 11.5. The number of rotatable bonds is 5. The first kappa shape index (κ1) is 14.0. The van der Waals surface area contributed by atoms with E-state index in [1.54, 1.807) is 0 Å². The molecule has 0 unspecified atom stereocenters. The molecule has 5 nitrogen and oxygen atoms in total. The molecule has 0 radical (unpaired) electrons. The molecule has 1 atom stereocenters. The minimum atomic E-state index is -0.911. The van der Waals surface area contributed by atoms with E-state index in [4.69, 9.17) is 0 Å². The van der Waals surface area contributed by atoms with Gasteiger partial charge >= 0.3 is 5.97 Å². The summed E-state index contributed by atoms with van der Waals surface area (Å²) in [5.74, 6) is -0.375. The Kier molecular flexibility index (Phi) is 3.96. The van der Waals surface area contributed by atoms with Gasteiger partial charge in [-0.25, -0.2) is 14.8 Å². The molecule has 2 N–H and O–H groups in total. The summed E-state index contributed by atoms with van der Waals surface area (Å²) in [7, 11) is 0. The van der Waals surface area contributed by atoms with E-state index in [9.17, 15) is 9.90 Å². The van der Waals surface area contributed by atoms with Crippen molar-refractivity contribution < 1.29 is 9.90 Å². The molecule has 0 amide bonds. The summed E-state index contributed by atoms with van der Waals surface area (Å²) in [5.41, 5.74) is 1.74. The van der Waals surface area contributed by atoms with Crippen molar-refractivity contribution >= 4 is 22.7 Å². The normalized spacial score (nSPS) is 12.0. The van der Waals surface area contributed by atoms with Crippen LogP contribution in [-0.2, 0) is 11.2 Å². The highest BCUT2D eigenvalue weighted by molar-refractivity contribution is 5.90. The third-order valence-corrected chi connectivity index (χ3v) is 3.43. The van der Waals surface area contributed by atoms with E-state index in [-0.39, 0.29) is 0 Å². The second kappa shape index (κ2) is 6.22. The Bertz CT molecular complexity index is 785. The molecule has 3 rings (SSSR count). The van der Waals surface area contributed by atoms with Crippen molar-refractivity contribution in [2.24, 2.45) is 0 Å². The fourth-order valence-corrected chi connectivity index (χ4v) is 2.33. The zero-order valence-corrected chi connectivity index (χ0v) is 11.8. The number of hydrogen-bond donors (Lipinski definition) is 2. The Hall–Kier alpha value is -2.95. The molecule has 1 aromatic heterocycles. The Morgan fingerprint density at radius 1 is 1.05 bits per heavy atom. The molecule has 110 valence electrons. The van der Waals surface area contributed by atoms with Gasteiger partial charge in [0, 0.05) is 11.8 Å². The highest BCUT2D eigenvalue weighted by atomic mass is 16.4. The molecule has 0 aliphatic rings. The Labute approximate surface area is 127 Å². The first-order valence-corrected chi connectivity index (χ1v) is 6.97. The average molecular weight is 293 g/mol. The van der Waals surface area contributed by atoms with Gasteiger partial charge < -0.3 is 10.4 Å². The van der Waals surface area contributed by atoms with Gasteiger partial charge in [0.2, 0.25) is 0 Å². The zero-order valence-electron chi connectivity index (χ0n) is 11.8. The summed E-state index contributed by atoms with van der Waals surface area (Å²) < 4.78 is 0. The number of nitrogens with zero attached hydrogens (tertiary/aromatic N) is 2. The molecule has 0 fully saturated rings. The second-order valence-electron chi connectivity index (χ2n) is 4.96. The molecule has 3 aromatic rings. The third-order valence-electron chi connectivity index (χ3n) is 3.43. The molecule has 0 saturated carbocycles. The van der Waals surface area contributed by atoms with E-state index in [1.165, 1.54) is 6.33 Å². The summed E-state index contributed by atoms with van der Waals surface area (Å²) in [6.45, 7) is 0. The number of aromatic nitrogens is 2.